The highest BCUT2D eigenvalue weighted by Gasteiger charge is 2.71. The fourth-order valence-electron chi connectivity index (χ4n) is 13.1. The second-order valence-electron chi connectivity index (χ2n) is 18.5. The van der Waals surface area contributed by atoms with Crippen molar-refractivity contribution >= 4 is 0 Å². The highest BCUT2D eigenvalue weighted by atomic mass is 16.7. The molecule has 13 nitrogen and oxygen atoms in total. The Hall–Kier alpha value is -0.520. The van der Waals surface area contributed by atoms with Crippen molar-refractivity contribution in [3.05, 3.63) is 0 Å². The topological polar surface area (TPSA) is 197 Å². The van der Waals surface area contributed by atoms with E-state index in [0.29, 0.717) is 37.2 Å². The third-order valence-electron chi connectivity index (χ3n) is 15.7. The van der Waals surface area contributed by atoms with Crippen LogP contribution in [-0.2, 0) is 28.4 Å². The lowest BCUT2D eigenvalue weighted by molar-refractivity contribution is -0.357. The summed E-state index contributed by atoms with van der Waals surface area (Å²) in [7, 11) is 0. The Labute approximate surface area is 300 Å². The second-order valence-corrected chi connectivity index (χ2v) is 18.5. The van der Waals surface area contributed by atoms with E-state index < -0.39 is 73.3 Å². The second kappa shape index (κ2) is 13.3. The van der Waals surface area contributed by atoms with Gasteiger partial charge in [-0.25, -0.2) is 0 Å². The number of hydrogen-bond acceptors (Lipinski definition) is 13. The molecule has 0 aromatic heterocycles. The van der Waals surface area contributed by atoms with Gasteiger partial charge in [0, 0.05) is 5.92 Å². The van der Waals surface area contributed by atoms with Gasteiger partial charge in [-0.2, -0.15) is 0 Å². The molecule has 7 N–H and O–H groups in total. The molecule has 292 valence electrons. The maximum absolute atomic E-state index is 11.6. The first kappa shape index (κ1) is 37.4. The van der Waals surface area contributed by atoms with Crippen molar-refractivity contribution in [2.24, 2.45) is 52.3 Å². The van der Waals surface area contributed by atoms with Gasteiger partial charge < -0.3 is 64.2 Å². The molecule has 1 spiro atoms. The molecule has 0 bridgehead atoms. The van der Waals surface area contributed by atoms with Crippen molar-refractivity contribution in [2.45, 2.75) is 171 Å². The van der Waals surface area contributed by atoms with E-state index >= 15 is 0 Å². The van der Waals surface area contributed by atoms with E-state index in [9.17, 15) is 35.7 Å². The fourth-order valence-corrected chi connectivity index (χ4v) is 13.1. The minimum atomic E-state index is -1.59. The zero-order valence-corrected chi connectivity index (χ0v) is 30.7. The number of ether oxygens (including phenoxy) is 6. The number of aliphatic hydroxyl groups is 7. The first-order valence-electron chi connectivity index (χ1n) is 19.7. The Morgan fingerprint density at radius 1 is 0.686 bits per heavy atom. The molecule has 0 amide bonds. The summed E-state index contributed by atoms with van der Waals surface area (Å²) in [5.41, 5.74) is -0.115. The van der Waals surface area contributed by atoms with E-state index in [1.54, 1.807) is 6.92 Å². The van der Waals surface area contributed by atoms with Crippen molar-refractivity contribution in [1.82, 2.24) is 0 Å². The normalized spacial score (nSPS) is 61.4. The van der Waals surface area contributed by atoms with Crippen LogP contribution in [-0.4, -0.2) is 134 Å². The molecule has 4 saturated heterocycles. The highest BCUT2D eigenvalue weighted by molar-refractivity contribution is 5.17. The van der Waals surface area contributed by atoms with Crippen LogP contribution >= 0.6 is 0 Å². The van der Waals surface area contributed by atoms with Gasteiger partial charge in [0.1, 0.15) is 42.7 Å². The molecule has 13 heteroatoms. The van der Waals surface area contributed by atoms with Gasteiger partial charge in [0.15, 0.2) is 18.4 Å². The molecule has 23 atom stereocenters. The lowest BCUT2D eigenvalue weighted by atomic mass is 9.43. The lowest BCUT2D eigenvalue weighted by Gasteiger charge is -2.63. The zero-order chi connectivity index (χ0) is 36.4. The standard InChI is InChI=1S/C38H62O13/c1-16-10-27(41)38(47-14-16)17(2)28-26(51-38)13-22-20-12-25(23-11-19(39)6-8-36(23,4)21(20)7-9-37(22,28)5)49-35-32(45)33(29(42)18(3)48-35)50-34-31(44)30(43)24(40)15-46-34/h16-35,39-45H,6-15H2,1-5H3/t16-,17+,18-,19+,20-,21+,22+,23-,24-,25+,26+,27+,28+,29-,30+,31-,32-,33+,34+,35+,36-,37+,38-/m1/s1. The summed E-state index contributed by atoms with van der Waals surface area (Å²) in [6.45, 7) is 11.1. The number of hydrogen-bond donors (Lipinski definition) is 7. The third-order valence-corrected chi connectivity index (χ3v) is 15.7. The van der Waals surface area contributed by atoms with Gasteiger partial charge in [-0.15, -0.1) is 0 Å². The van der Waals surface area contributed by atoms with E-state index in [2.05, 4.69) is 27.7 Å². The average molecular weight is 727 g/mol. The average Bonchev–Trinajstić information content (AvgIpc) is 3.54. The summed E-state index contributed by atoms with van der Waals surface area (Å²) in [6, 6.07) is 0. The predicted octanol–water partition coefficient (Wildman–Crippen LogP) is 1.05. The van der Waals surface area contributed by atoms with Crippen molar-refractivity contribution in [2.75, 3.05) is 13.2 Å². The van der Waals surface area contributed by atoms with E-state index in [-0.39, 0.29) is 53.3 Å². The van der Waals surface area contributed by atoms with Gasteiger partial charge in [0.05, 0.1) is 37.6 Å². The van der Waals surface area contributed by atoms with E-state index in [1.807, 2.05) is 0 Å². The summed E-state index contributed by atoms with van der Waals surface area (Å²) in [5.74, 6) is 0.780. The van der Waals surface area contributed by atoms with Crippen molar-refractivity contribution in [3.8, 4) is 0 Å². The molecule has 8 fully saturated rings. The van der Waals surface area contributed by atoms with Crippen LogP contribution in [0.4, 0.5) is 0 Å². The van der Waals surface area contributed by atoms with Crippen LogP contribution in [0.2, 0.25) is 0 Å². The van der Waals surface area contributed by atoms with E-state index in [0.717, 1.165) is 38.5 Å². The van der Waals surface area contributed by atoms with Gasteiger partial charge >= 0.3 is 0 Å². The minimum absolute atomic E-state index is 0.00406. The van der Waals surface area contributed by atoms with Crippen LogP contribution < -0.4 is 0 Å². The third kappa shape index (κ3) is 5.73. The van der Waals surface area contributed by atoms with Crippen LogP contribution in [0.5, 0.6) is 0 Å². The molecule has 8 aliphatic rings. The van der Waals surface area contributed by atoms with Gasteiger partial charge in [0.25, 0.3) is 0 Å². The SMILES string of the molecule is C[C@H]1CO[C@]2(O[C@H]3C[C@H]4[C@@H]5C[C@H](O[C@@H]6O[C@H](C)[C@@H](O)[C@H](O[C@@H]7OC[C@@H](O)[C@H](O)[C@H]7O)[C@H]6O)[C@H]6C[C@@H](O)CC[C@]6(C)[C@H]5CC[C@]4(C)[C@H]3[C@@H]2C)[C@@H](O)C1. The molecule has 4 aliphatic carbocycles. The molecule has 0 aromatic rings. The molecule has 0 aromatic carbocycles. The molecule has 4 aliphatic heterocycles. The largest absolute Gasteiger partial charge is 0.393 e. The first-order chi connectivity index (χ1) is 24.1. The predicted molar refractivity (Wildman–Crippen MR) is 178 cm³/mol. The maximum Gasteiger partial charge on any atom is 0.197 e. The van der Waals surface area contributed by atoms with Gasteiger partial charge in [-0.1, -0.05) is 27.7 Å². The summed E-state index contributed by atoms with van der Waals surface area (Å²) in [4.78, 5) is 0. The van der Waals surface area contributed by atoms with Gasteiger partial charge in [-0.05, 0) is 105 Å². The van der Waals surface area contributed by atoms with Crippen LogP contribution in [0, 0.1) is 52.3 Å². The Kier molecular flexibility index (Phi) is 9.76. The van der Waals surface area contributed by atoms with Crippen molar-refractivity contribution in [1.29, 1.82) is 0 Å². The van der Waals surface area contributed by atoms with Crippen molar-refractivity contribution < 1.29 is 64.2 Å². The van der Waals surface area contributed by atoms with Crippen LogP contribution in [0.25, 0.3) is 0 Å². The van der Waals surface area contributed by atoms with Crippen molar-refractivity contribution in [3.63, 3.8) is 0 Å². The Balaban J connectivity index is 1.04. The fraction of sp³-hybridized carbons (Fsp3) is 1.00. The molecular formula is C38H62O13. The molecule has 0 unspecified atom stereocenters. The highest BCUT2D eigenvalue weighted by Crippen LogP contribution is 2.71. The first-order valence-corrected chi connectivity index (χ1v) is 19.7. The number of fused-ring (bicyclic) bond motifs is 7. The minimum Gasteiger partial charge on any atom is -0.393 e. The van der Waals surface area contributed by atoms with Crippen LogP contribution in [0.15, 0.2) is 0 Å². The Morgan fingerprint density at radius 2 is 1.43 bits per heavy atom. The van der Waals surface area contributed by atoms with Gasteiger partial charge in [0.2, 0.25) is 0 Å². The summed E-state index contributed by atoms with van der Waals surface area (Å²) in [6.07, 6.45) is -6.52. The number of rotatable bonds is 4. The summed E-state index contributed by atoms with van der Waals surface area (Å²) < 4.78 is 37.6. The monoisotopic (exact) mass is 726 g/mol. The Morgan fingerprint density at radius 3 is 2.18 bits per heavy atom. The molecule has 51 heavy (non-hydrogen) atoms. The van der Waals surface area contributed by atoms with Crippen LogP contribution in [0.3, 0.4) is 0 Å². The quantitative estimate of drug-likeness (QED) is 0.203. The number of aliphatic hydroxyl groups excluding tert-OH is 7. The van der Waals surface area contributed by atoms with E-state index in [1.165, 1.54) is 0 Å². The van der Waals surface area contributed by atoms with E-state index in [4.69, 9.17) is 28.4 Å². The van der Waals surface area contributed by atoms with Crippen LogP contribution in [0.1, 0.15) is 86.0 Å². The molecular weight excluding hydrogens is 664 g/mol. The Bertz CT molecular complexity index is 1270. The maximum atomic E-state index is 11.6. The molecule has 4 saturated carbocycles. The molecule has 8 rings (SSSR count). The molecule has 0 radical (unpaired) electrons. The lowest BCUT2D eigenvalue weighted by Crippen LogP contribution is -2.64. The smallest absolute Gasteiger partial charge is 0.197 e. The summed E-state index contributed by atoms with van der Waals surface area (Å²) >= 11 is 0. The summed E-state index contributed by atoms with van der Waals surface area (Å²) in [5, 5.41) is 75.6. The molecule has 4 heterocycles. The van der Waals surface area contributed by atoms with Gasteiger partial charge in [-0.3, -0.25) is 0 Å². The zero-order valence-electron chi connectivity index (χ0n) is 30.7.